The summed E-state index contributed by atoms with van der Waals surface area (Å²) in [7, 11) is 0. The van der Waals surface area contributed by atoms with Crippen molar-refractivity contribution < 1.29 is 14.7 Å². The van der Waals surface area contributed by atoms with Crippen molar-refractivity contribution in [1.82, 2.24) is 14.5 Å². The van der Waals surface area contributed by atoms with Crippen LogP contribution in [0, 0.1) is 0 Å². The molecule has 0 saturated carbocycles. The number of para-hydroxylation sites is 1. The van der Waals surface area contributed by atoms with E-state index in [1.54, 1.807) is 0 Å². The van der Waals surface area contributed by atoms with Gasteiger partial charge in [-0.05, 0) is 12.5 Å². The molecule has 0 bridgehead atoms. The van der Waals surface area contributed by atoms with E-state index in [-0.39, 0.29) is 0 Å². The Labute approximate surface area is 145 Å². The number of carbonyl (C=O) groups is 2. The van der Waals surface area contributed by atoms with E-state index < -0.39 is 5.97 Å². The Morgan fingerprint density at radius 2 is 2.00 bits per heavy atom. The highest BCUT2D eigenvalue weighted by atomic mass is 16.4. The first-order chi connectivity index (χ1) is 12.0. The van der Waals surface area contributed by atoms with Gasteiger partial charge in [-0.15, -0.1) is 0 Å². The van der Waals surface area contributed by atoms with Crippen molar-refractivity contribution in [2.45, 2.75) is 39.7 Å². The van der Waals surface area contributed by atoms with Crippen LogP contribution in [0.5, 0.6) is 0 Å². The Morgan fingerprint density at radius 1 is 1.32 bits per heavy atom. The average Bonchev–Trinajstić information content (AvgIpc) is 2.94. The maximum Gasteiger partial charge on any atom is 0.300 e. The van der Waals surface area contributed by atoms with E-state index in [9.17, 15) is 4.79 Å². The van der Waals surface area contributed by atoms with Crippen molar-refractivity contribution in [2.75, 3.05) is 5.73 Å². The number of aromatic nitrogens is 3. The van der Waals surface area contributed by atoms with Gasteiger partial charge in [-0.1, -0.05) is 25.1 Å². The second-order valence-corrected chi connectivity index (χ2v) is 5.57. The van der Waals surface area contributed by atoms with Gasteiger partial charge >= 0.3 is 0 Å². The van der Waals surface area contributed by atoms with Crippen LogP contribution in [0.25, 0.3) is 21.9 Å². The molecule has 0 atom stereocenters. The summed E-state index contributed by atoms with van der Waals surface area (Å²) in [5, 5.41) is 8.47. The van der Waals surface area contributed by atoms with Gasteiger partial charge in [0.1, 0.15) is 17.6 Å². The number of nitrogen functional groups attached to an aromatic ring is 1. The molecule has 0 amide bonds. The number of carboxylic acid groups (broad SMARTS) is 1. The van der Waals surface area contributed by atoms with Gasteiger partial charge < -0.3 is 20.2 Å². The molecular formula is C18H22N4O3. The molecule has 0 saturated heterocycles. The molecule has 132 valence electrons. The third-order valence-electron chi connectivity index (χ3n) is 3.71. The largest absolute Gasteiger partial charge is 0.481 e. The molecule has 0 aliphatic rings. The molecule has 0 spiro atoms. The number of rotatable bonds is 5. The van der Waals surface area contributed by atoms with Gasteiger partial charge in [0.15, 0.2) is 5.82 Å². The molecule has 0 radical (unpaired) electrons. The molecule has 2 aromatic heterocycles. The summed E-state index contributed by atoms with van der Waals surface area (Å²) < 4.78 is 2.18. The van der Waals surface area contributed by atoms with E-state index in [0.29, 0.717) is 12.2 Å². The quantitative estimate of drug-likeness (QED) is 0.545. The number of unbranched alkanes of at least 4 members (excludes halogenated alkanes) is 1. The van der Waals surface area contributed by atoms with E-state index >= 15 is 0 Å². The predicted molar refractivity (Wildman–Crippen MR) is 97.4 cm³/mol. The molecule has 2 heterocycles. The van der Waals surface area contributed by atoms with Crippen molar-refractivity contribution in [2.24, 2.45) is 0 Å². The van der Waals surface area contributed by atoms with Gasteiger partial charge in [0.05, 0.1) is 11.0 Å². The number of carbonyl (C=O) groups excluding carboxylic acids is 1. The average molecular weight is 342 g/mol. The summed E-state index contributed by atoms with van der Waals surface area (Å²) >= 11 is 0. The van der Waals surface area contributed by atoms with E-state index in [1.807, 2.05) is 24.3 Å². The second kappa shape index (κ2) is 8.23. The summed E-state index contributed by atoms with van der Waals surface area (Å²) in [4.78, 5) is 28.6. The molecule has 3 rings (SSSR count). The summed E-state index contributed by atoms with van der Waals surface area (Å²) in [6, 6.07) is 7.95. The van der Waals surface area contributed by atoms with Crippen LogP contribution < -0.4 is 5.73 Å². The number of nitrogens with two attached hydrogens (primary N) is 1. The van der Waals surface area contributed by atoms with E-state index in [0.717, 1.165) is 60.4 Å². The minimum absolute atomic E-state index is 0.465. The summed E-state index contributed by atoms with van der Waals surface area (Å²) in [5.41, 5.74) is 8.74. The first-order valence-electron chi connectivity index (χ1n) is 8.16. The Bertz CT molecular complexity index is 898. The molecule has 7 nitrogen and oxygen atoms in total. The fourth-order valence-corrected chi connectivity index (χ4v) is 2.75. The number of anilines is 1. The monoisotopic (exact) mass is 342 g/mol. The van der Waals surface area contributed by atoms with Gasteiger partial charge in [-0.3, -0.25) is 4.79 Å². The maximum atomic E-state index is 10.6. The van der Waals surface area contributed by atoms with E-state index in [2.05, 4.69) is 21.5 Å². The number of carboxylic acids is 1. The van der Waals surface area contributed by atoms with Crippen LogP contribution in [0.1, 0.15) is 32.5 Å². The van der Waals surface area contributed by atoms with Crippen molar-refractivity contribution in [3.05, 3.63) is 30.1 Å². The van der Waals surface area contributed by atoms with Gasteiger partial charge in [0.2, 0.25) is 0 Å². The smallest absolute Gasteiger partial charge is 0.300 e. The number of nitrogens with zero attached hydrogens (tertiary/aromatic N) is 3. The number of aryl methyl sites for hydroxylation is 2. The van der Waals surface area contributed by atoms with Gasteiger partial charge in [-0.2, -0.15) is 0 Å². The molecule has 3 aromatic rings. The lowest BCUT2D eigenvalue weighted by atomic mass is 10.2. The number of hydrogen-bond acceptors (Lipinski definition) is 5. The van der Waals surface area contributed by atoms with Gasteiger partial charge in [0, 0.05) is 31.7 Å². The molecule has 0 unspecified atom stereocenters. The third kappa shape index (κ3) is 4.12. The lowest BCUT2D eigenvalue weighted by molar-refractivity contribution is -0.134. The molecule has 0 aliphatic heterocycles. The number of aliphatic carboxylic acids is 1. The van der Waals surface area contributed by atoms with Crippen LogP contribution in [-0.4, -0.2) is 31.9 Å². The number of benzene rings is 1. The zero-order valence-electron chi connectivity index (χ0n) is 14.4. The predicted octanol–water partition coefficient (Wildman–Crippen LogP) is 2.80. The highest BCUT2D eigenvalue weighted by Crippen LogP contribution is 2.29. The van der Waals surface area contributed by atoms with Crippen LogP contribution in [0.15, 0.2) is 24.3 Å². The van der Waals surface area contributed by atoms with Crippen LogP contribution in [-0.2, 0) is 22.6 Å². The van der Waals surface area contributed by atoms with Gasteiger partial charge in [0.25, 0.3) is 5.97 Å². The molecule has 7 heteroatoms. The Kier molecular flexibility index (Phi) is 6.05. The zero-order valence-corrected chi connectivity index (χ0v) is 14.4. The number of imidazole rings is 1. The standard InChI is InChI=1S/C16H18N4O.C2H4O2/c1-2-13-19-14-15(20(13)9-5-6-10-21)11-7-3-4-8-12(11)18-16(14)17;1-2(3)4/h3-4,7-8,10H,2,5-6,9H2,1H3,(H2,17,18);1H3,(H,3,4). The number of fused-ring (bicyclic) bond motifs is 3. The summed E-state index contributed by atoms with van der Waals surface area (Å²) in [6.45, 7) is 3.93. The Balaban J connectivity index is 0.000000511. The van der Waals surface area contributed by atoms with E-state index in [4.69, 9.17) is 15.6 Å². The molecule has 0 aliphatic carbocycles. The third-order valence-corrected chi connectivity index (χ3v) is 3.71. The van der Waals surface area contributed by atoms with Crippen LogP contribution >= 0.6 is 0 Å². The molecule has 3 N–H and O–H groups in total. The first-order valence-corrected chi connectivity index (χ1v) is 8.16. The summed E-state index contributed by atoms with van der Waals surface area (Å²) in [5.74, 6) is 0.619. The minimum Gasteiger partial charge on any atom is -0.481 e. The van der Waals surface area contributed by atoms with Crippen molar-refractivity contribution in [1.29, 1.82) is 0 Å². The Hall–Kier alpha value is -2.96. The minimum atomic E-state index is -0.833. The van der Waals surface area contributed by atoms with Crippen molar-refractivity contribution in [3.8, 4) is 0 Å². The van der Waals surface area contributed by atoms with Gasteiger partial charge in [-0.25, -0.2) is 9.97 Å². The molecule has 25 heavy (non-hydrogen) atoms. The maximum absolute atomic E-state index is 10.6. The zero-order chi connectivity index (χ0) is 18.4. The first kappa shape index (κ1) is 18.4. The lowest BCUT2D eigenvalue weighted by Gasteiger charge is -2.09. The fraction of sp³-hybridized carbons (Fsp3) is 0.333. The lowest BCUT2D eigenvalue weighted by Crippen LogP contribution is -2.04. The molecule has 0 fully saturated rings. The van der Waals surface area contributed by atoms with Crippen LogP contribution in [0.3, 0.4) is 0 Å². The highest BCUT2D eigenvalue weighted by Gasteiger charge is 2.15. The van der Waals surface area contributed by atoms with Crippen molar-refractivity contribution in [3.63, 3.8) is 0 Å². The van der Waals surface area contributed by atoms with E-state index in [1.165, 1.54) is 0 Å². The second-order valence-electron chi connectivity index (χ2n) is 5.57. The summed E-state index contributed by atoms with van der Waals surface area (Å²) in [6.07, 6.45) is 3.14. The van der Waals surface area contributed by atoms with Crippen LogP contribution in [0.2, 0.25) is 0 Å². The highest BCUT2D eigenvalue weighted by molar-refractivity contribution is 6.06. The van der Waals surface area contributed by atoms with Crippen molar-refractivity contribution >= 4 is 40.0 Å². The van der Waals surface area contributed by atoms with Crippen LogP contribution in [0.4, 0.5) is 5.82 Å². The topological polar surface area (TPSA) is 111 Å². The molecule has 1 aromatic carbocycles. The fourth-order valence-electron chi connectivity index (χ4n) is 2.75. The Morgan fingerprint density at radius 3 is 2.64 bits per heavy atom. The number of hydrogen-bond donors (Lipinski definition) is 2. The molecular weight excluding hydrogens is 320 g/mol. The normalized spacial score (nSPS) is 10.5. The number of pyridine rings is 1. The SMILES string of the molecule is CC(=O)O.CCc1nc2c(N)nc3ccccc3c2n1CCCC=O. The number of aldehydes is 1.